The lowest BCUT2D eigenvalue weighted by Gasteiger charge is -2.09. The second kappa shape index (κ2) is 4.18. The molecule has 0 saturated heterocycles. The minimum atomic E-state index is -0.211. The van der Waals surface area contributed by atoms with Gasteiger partial charge in [0.1, 0.15) is 12.2 Å². The van der Waals surface area contributed by atoms with E-state index >= 15 is 0 Å². The fourth-order valence-corrected chi connectivity index (χ4v) is 1.07. The van der Waals surface area contributed by atoms with Crippen molar-refractivity contribution in [2.24, 2.45) is 5.73 Å². The third kappa shape index (κ3) is 1.80. The van der Waals surface area contributed by atoms with Crippen LogP contribution in [0.2, 0.25) is 0 Å². The molecule has 0 aromatic carbocycles. The minimum Gasteiger partial charge on any atom is -0.396 e. The van der Waals surface area contributed by atoms with Crippen LogP contribution in [-0.4, -0.2) is 26.5 Å². The predicted octanol–water partition coefficient (Wildman–Crippen LogP) is -0.320. The number of aromatic nitrogens is 3. The molecule has 5 heteroatoms. The Kier molecular flexibility index (Phi) is 3.19. The molecule has 5 nitrogen and oxygen atoms in total. The molecular weight excluding hydrogens is 156 g/mol. The van der Waals surface area contributed by atoms with Crippen molar-refractivity contribution in [1.29, 1.82) is 0 Å². The van der Waals surface area contributed by atoms with Gasteiger partial charge in [0.25, 0.3) is 0 Å². The van der Waals surface area contributed by atoms with Gasteiger partial charge in [-0.3, -0.25) is 0 Å². The third-order valence-electron chi connectivity index (χ3n) is 1.72. The first-order valence-corrected chi connectivity index (χ1v) is 4.03. The molecular formula is C7H14N4O. The second-order valence-electron chi connectivity index (χ2n) is 2.55. The SMILES string of the molecule is CCn1ncnc1C(N)CCO. The Bertz CT molecular complexity index is 235. The van der Waals surface area contributed by atoms with Crippen LogP contribution in [0.3, 0.4) is 0 Å². The summed E-state index contributed by atoms with van der Waals surface area (Å²) in [5.74, 6) is 0.742. The number of aliphatic hydroxyl groups is 1. The van der Waals surface area contributed by atoms with Crippen molar-refractivity contribution in [2.45, 2.75) is 25.9 Å². The van der Waals surface area contributed by atoms with Gasteiger partial charge in [-0.1, -0.05) is 0 Å². The monoisotopic (exact) mass is 170 g/mol. The van der Waals surface area contributed by atoms with Gasteiger partial charge in [0, 0.05) is 13.2 Å². The van der Waals surface area contributed by atoms with Gasteiger partial charge in [-0.25, -0.2) is 9.67 Å². The number of nitrogens with two attached hydrogens (primary N) is 1. The average Bonchev–Trinajstić information content (AvgIpc) is 2.51. The van der Waals surface area contributed by atoms with Gasteiger partial charge in [-0.15, -0.1) is 0 Å². The summed E-state index contributed by atoms with van der Waals surface area (Å²) in [7, 11) is 0. The fourth-order valence-electron chi connectivity index (χ4n) is 1.07. The zero-order chi connectivity index (χ0) is 8.97. The maximum absolute atomic E-state index is 8.66. The first-order chi connectivity index (χ1) is 5.79. The van der Waals surface area contributed by atoms with E-state index in [9.17, 15) is 0 Å². The molecule has 0 aliphatic heterocycles. The van der Waals surface area contributed by atoms with Crippen molar-refractivity contribution < 1.29 is 5.11 Å². The van der Waals surface area contributed by atoms with Crippen LogP contribution in [-0.2, 0) is 6.54 Å². The van der Waals surface area contributed by atoms with Gasteiger partial charge in [0.2, 0.25) is 0 Å². The summed E-state index contributed by atoms with van der Waals surface area (Å²) in [6.45, 7) is 2.82. The summed E-state index contributed by atoms with van der Waals surface area (Å²) >= 11 is 0. The maximum atomic E-state index is 8.66. The number of hydrogen-bond donors (Lipinski definition) is 2. The first-order valence-electron chi connectivity index (χ1n) is 4.03. The Balaban J connectivity index is 2.71. The van der Waals surface area contributed by atoms with Gasteiger partial charge in [0.15, 0.2) is 0 Å². The van der Waals surface area contributed by atoms with Gasteiger partial charge in [-0.05, 0) is 13.3 Å². The molecule has 12 heavy (non-hydrogen) atoms. The Labute approximate surface area is 71.2 Å². The Morgan fingerprint density at radius 2 is 2.50 bits per heavy atom. The van der Waals surface area contributed by atoms with Crippen LogP contribution in [0.1, 0.15) is 25.2 Å². The van der Waals surface area contributed by atoms with Crippen LogP contribution in [0.25, 0.3) is 0 Å². The van der Waals surface area contributed by atoms with Crippen molar-refractivity contribution >= 4 is 0 Å². The largest absolute Gasteiger partial charge is 0.396 e. The molecule has 0 aliphatic carbocycles. The predicted molar refractivity (Wildman–Crippen MR) is 44.3 cm³/mol. The molecule has 1 aromatic rings. The lowest BCUT2D eigenvalue weighted by molar-refractivity contribution is 0.273. The van der Waals surface area contributed by atoms with E-state index in [1.807, 2.05) is 6.92 Å². The molecule has 1 atom stereocenters. The van der Waals surface area contributed by atoms with Crippen molar-refractivity contribution in [3.8, 4) is 0 Å². The van der Waals surface area contributed by atoms with Gasteiger partial charge in [0.05, 0.1) is 6.04 Å². The fraction of sp³-hybridized carbons (Fsp3) is 0.714. The molecule has 68 valence electrons. The number of hydrogen-bond acceptors (Lipinski definition) is 4. The molecule has 0 spiro atoms. The van der Waals surface area contributed by atoms with Gasteiger partial charge in [-0.2, -0.15) is 5.10 Å². The molecule has 1 heterocycles. The van der Waals surface area contributed by atoms with Crippen molar-refractivity contribution in [1.82, 2.24) is 14.8 Å². The summed E-state index contributed by atoms with van der Waals surface area (Å²) in [5.41, 5.74) is 5.74. The minimum absolute atomic E-state index is 0.0811. The molecule has 0 amide bonds. The van der Waals surface area contributed by atoms with Crippen LogP contribution in [0.5, 0.6) is 0 Å². The van der Waals surface area contributed by atoms with E-state index in [1.54, 1.807) is 4.68 Å². The summed E-state index contributed by atoms with van der Waals surface area (Å²) in [4.78, 5) is 4.02. The zero-order valence-corrected chi connectivity index (χ0v) is 7.14. The van der Waals surface area contributed by atoms with Crippen molar-refractivity contribution in [2.75, 3.05) is 6.61 Å². The van der Waals surface area contributed by atoms with Gasteiger partial charge >= 0.3 is 0 Å². The lowest BCUT2D eigenvalue weighted by Crippen LogP contribution is -2.18. The lowest BCUT2D eigenvalue weighted by atomic mass is 10.2. The van der Waals surface area contributed by atoms with E-state index in [4.69, 9.17) is 10.8 Å². The van der Waals surface area contributed by atoms with E-state index in [2.05, 4.69) is 10.1 Å². The first kappa shape index (κ1) is 9.15. The number of aliphatic hydroxyl groups excluding tert-OH is 1. The highest BCUT2D eigenvalue weighted by atomic mass is 16.3. The summed E-state index contributed by atoms with van der Waals surface area (Å²) in [6, 6.07) is -0.211. The summed E-state index contributed by atoms with van der Waals surface area (Å²) < 4.78 is 1.74. The topological polar surface area (TPSA) is 77.0 Å². The summed E-state index contributed by atoms with van der Waals surface area (Å²) in [6.07, 6.45) is 2.01. The van der Waals surface area contributed by atoms with Crippen molar-refractivity contribution in [3.05, 3.63) is 12.2 Å². The van der Waals surface area contributed by atoms with Crippen LogP contribution < -0.4 is 5.73 Å². The molecule has 0 saturated carbocycles. The molecule has 1 unspecified atom stereocenters. The quantitative estimate of drug-likeness (QED) is 0.649. The van der Waals surface area contributed by atoms with E-state index < -0.39 is 0 Å². The smallest absolute Gasteiger partial charge is 0.143 e. The molecule has 0 fully saturated rings. The maximum Gasteiger partial charge on any atom is 0.143 e. The Hall–Kier alpha value is -0.940. The van der Waals surface area contributed by atoms with Crippen molar-refractivity contribution in [3.63, 3.8) is 0 Å². The molecule has 0 radical (unpaired) electrons. The van der Waals surface area contributed by atoms with Crippen LogP contribution in [0.15, 0.2) is 6.33 Å². The highest BCUT2D eigenvalue weighted by Gasteiger charge is 2.11. The summed E-state index contributed by atoms with van der Waals surface area (Å²) in [5, 5.41) is 12.6. The van der Waals surface area contributed by atoms with E-state index in [1.165, 1.54) is 6.33 Å². The molecule has 0 bridgehead atoms. The number of rotatable bonds is 4. The molecule has 0 aliphatic rings. The van der Waals surface area contributed by atoms with Crippen LogP contribution in [0.4, 0.5) is 0 Å². The molecule has 3 N–H and O–H groups in total. The molecule has 1 aromatic heterocycles. The van der Waals surface area contributed by atoms with E-state index in [0.29, 0.717) is 6.42 Å². The molecule has 1 rings (SSSR count). The van der Waals surface area contributed by atoms with E-state index in [-0.39, 0.29) is 12.6 Å². The second-order valence-corrected chi connectivity index (χ2v) is 2.55. The third-order valence-corrected chi connectivity index (χ3v) is 1.72. The van der Waals surface area contributed by atoms with E-state index in [0.717, 1.165) is 12.4 Å². The number of aryl methyl sites for hydroxylation is 1. The van der Waals surface area contributed by atoms with Crippen LogP contribution >= 0.6 is 0 Å². The highest BCUT2D eigenvalue weighted by molar-refractivity contribution is 4.92. The number of nitrogens with zero attached hydrogens (tertiary/aromatic N) is 3. The average molecular weight is 170 g/mol. The Morgan fingerprint density at radius 1 is 1.75 bits per heavy atom. The van der Waals surface area contributed by atoms with Crippen LogP contribution in [0, 0.1) is 0 Å². The zero-order valence-electron chi connectivity index (χ0n) is 7.14. The van der Waals surface area contributed by atoms with Gasteiger partial charge < -0.3 is 10.8 Å². The normalized spacial score (nSPS) is 13.2. The Morgan fingerprint density at radius 3 is 3.08 bits per heavy atom. The highest BCUT2D eigenvalue weighted by Crippen LogP contribution is 2.09. The standard InChI is InChI=1S/C7H14N4O/c1-2-11-7(9-5-10-11)6(8)3-4-12/h5-6,12H,2-4,8H2,1H3.